The van der Waals surface area contributed by atoms with Crippen molar-refractivity contribution >= 4 is 35.7 Å². The van der Waals surface area contributed by atoms with Gasteiger partial charge in [-0.15, -0.1) is 0 Å². The average Bonchev–Trinajstić information content (AvgIpc) is 3.24. The van der Waals surface area contributed by atoms with E-state index in [9.17, 15) is 24.6 Å². The first kappa shape index (κ1) is 24.9. The number of benzene rings is 2. The summed E-state index contributed by atoms with van der Waals surface area (Å²) in [7, 11) is -4.29. The predicted octanol–water partition coefficient (Wildman–Crippen LogP) is 2.64. The quantitative estimate of drug-likeness (QED) is 0.236. The van der Waals surface area contributed by atoms with E-state index >= 15 is 0 Å². The molecule has 36 heavy (non-hydrogen) atoms. The van der Waals surface area contributed by atoms with E-state index < -0.39 is 25.9 Å². The molecule has 2 aromatic heterocycles. The Balaban J connectivity index is 1.35. The van der Waals surface area contributed by atoms with Crippen LogP contribution in [0, 0.1) is 0 Å². The van der Waals surface area contributed by atoms with Gasteiger partial charge < -0.3 is 34.5 Å². The fourth-order valence-corrected chi connectivity index (χ4v) is 4.87. The predicted molar refractivity (Wildman–Crippen MR) is 133 cm³/mol. The van der Waals surface area contributed by atoms with Gasteiger partial charge in [-0.1, -0.05) is 48.0 Å². The minimum atomic E-state index is -4.29. The van der Waals surface area contributed by atoms with Crippen molar-refractivity contribution < 1.29 is 34.0 Å². The lowest BCUT2D eigenvalue weighted by Crippen LogP contribution is -2.45. The molecule has 0 bridgehead atoms. The molecule has 1 saturated heterocycles. The molecule has 0 saturated carbocycles. The highest BCUT2D eigenvalue weighted by Crippen LogP contribution is 2.35. The molecule has 12 heteroatoms. The van der Waals surface area contributed by atoms with Crippen molar-refractivity contribution in [3.63, 3.8) is 0 Å². The third-order valence-corrected chi connectivity index (χ3v) is 7.25. The van der Waals surface area contributed by atoms with E-state index in [2.05, 4.69) is 15.0 Å². The lowest BCUT2D eigenvalue weighted by Gasteiger charge is -2.31. The third kappa shape index (κ3) is 5.16. The molecule has 0 spiro atoms. The molecular formula is C24H23ClN3O7P. The average molecular weight is 532 g/mol. The van der Waals surface area contributed by atoms with Crippen molar-refractivity contribution in [1.82, 2.24) is 15.0 Å². The number of aromatic nitrogens is 3. The number of imidazole rings is 1. The monoisotopic (exact) mass is 531 g/mol. The maximum absolute atomic E-state index is 11.4. The second kappa shape index (κ2) is 9.91. The summed E-state index contributed by atoms with van der Waals surface area (Å²) in [5.41, 5.74) is 3.97. The number of aromatic amines is 1. The maximum atomic E-state index is 11.4. The van der Waals surface area contributed by atoms with Crippen LogP contribution in [0.5, 0.6) is 6.01 Å². The molecule has 5 N–H and O–H groups in total. The highest BCUT2D eigenvalue weighted by molar-refractivity contribution is 7.60. The molecule has 188 valence electrons. The summed E-state index contributed by atoms with van der Waals surface area (Å²) in [5.74, 6) is 0. The van der Waals surface area contributed by atoms with Gasteiger partial charge in [0.25, 0.3) is 6.01 Å². The van der Waals surface area contributed by atoms with Crippen LogP contribution < -0.4 is 10.0 Å². The highest BCUT2D eigenvalue weighted by Gasteiger charge is 2.31. The van der Waals surface area contributed by atoms with Crippen molar-refractivity contribution in [2.24, 2.45) is 0 Å². The van der Waals surface area contributed by atoms with Crippen molar-refractivity contribution in [3.05, 3.63) is 59.6 Å². The van der Waals surface area contributed by atoms with E-state index in [1.807, 2.05) is 24.3 Å². The zero-order chi connectivity index (χ0) is 25.4. The standard InChI is InChI=1S/C24H23ClN3O7P/c25-18-10-19-23(28-24(26-19)35-16-9-20(30)21(11-29)34-12-16)27-22(18)15-3-1-13(2-4-15)14-5-7-17(8-6-14)36(31,32)33/h1-8,10,16,20-21,29-30H,9,11-12H2,(H,26,27,28)(H2,31,32,33)/t16-,20+,21-/m1/s1. The van der Waals surface area contributed by atoms with Gasteiger partial charge >= 0.3 is 7.60 Å². The summed E-state index contributed by atoms with van der Waals surface area (Å²) in [5, 5.41) is 19.6. The summed E-state index contributed by atoms with van der Waals surface area (Å²) in [4.78, 5) is 30.6. The van der Waals surface area contributed by atoms with Gasteiger partial charge in [0, 0.05) is 12.0 Å². The molecule has 2 aromatic carbocycles. The minimum Gasteiger partial charge on any atom is -0.459 e. The van der Waals surface area contributed by atoms with E-state index in [0.29, 0.717) is 28.3 Å². The van der Waals surface area contributed by atoms with Crippen LogP contribution in [0.4, 0.5) is 0 Å². The Morgan fingerprint density at radius 1 is 1.06 bits per heavy atom. The van der Waals surface area contributed by atoms with Crippen molar-refractivity contribution in [1.29, 1.82) is 0 Å². The first-order valence-electron chi connectivity index (χ1n) is 11.1. The number of nitrogens with zero attached hydrogens (tertiary/aromatic N) is 2. The number of rotatable bonds is 6. The van der Waals surface area contributed by atoms with Crippen LogP contribution in [0.15, 0.2) is 54.6 Å². The van der Waals surface area contributed by atoms with Crippen molar-refractivity contribution in [2.45, 2.75) is 24.7 Å². The van der Waals surface area contributed by atoms with Crippen LogP contribution >= 0.6 is 19.2 Å². The van der Waals surface area contributed by atoms with Crippen LogP contribution in [0.2, 0.25) is 5.02 Å². The number of aliphatic hydroxyl groups excluding tert-OH is 2. The summed E-state index contributed by atoms with van der Waals surface area (Å²) in [6.07, 6.45) is -1.57. The number of aliphatic hydroxyl groups is 2. The van der Waals surface area contributed by atoms with Crippen molar-refractivity contribution in [3.8, 4) is 28.4 Å². The lowest BCUT2D eigenvalue weighted by molar-refractivity contribution is -0.131. The number of halogens is 1. The fourth-order valence-electron chi connectivity index (χ4n) is 4.07. The molecule has 1 aliphatic heterocycles. The van der Waals surface area contributed by atoms with E-state index in [-0.39, 0.29) is 24.5 Å². The van der Waals surface area contributed by atoms with Gasteiger partial charge in [0.05, 0.1) is 40.9 Å². The molecule has 0 unspecified atom stereocenters. The van der Waals surface area contributed by atoms with Crippen LogP contribution in [0.1, 0.15) is 6.42 Å². The molecule has 1 fully saturated rings. The van der Waals surface area contributed by atoms with E-state index in [1.54, 1.807) is 18.2 Å². The Labute approximate surface area is 210 Å². The topological polar surface area (TPSA) is 158 Å². The number of hydrogen-bond acceptors (Lipinski definition) is 7. The number of fused-ring (bicyclic) bond motifs is 1. The van der Waals surface area contributed by atoms with Gasteiger partial charge in [-0.25, -0.2) is 4.98 Å². The number of hydrogen-bond donors (Lipinski definition) is 5. The Morgan fingerprint density at radius 2 is 1.69 bits per heavy atom. The Bertz CT molecular complexity index is 1420. The maximum Gasteiger partial charge on any atom is 0.356 e. The van der Waals surface area contributed by atoms with Crippen molar-refractivity contribution in [2.75, 3.05) is 13.2 Å². The highest BCUT2D eigenvalue weighted by atomic mass is 35.5. The zero-order valence-corrected chi connectivity index (χ0v) is 20.4. The molecule has 1 aliphatic rings. The summed E-state index contributed by atoms with van der Waals surface area (Å²) >= 11 is 6.51. The smallest absolute Gasteiger partial charge is 0.356 e. The minimum absolute atomic E-state index is 0.0314. The van der Waals surface area contributed by atoms with Gasteiger partial charge in [0.15, 0.2) is 5.65 Å². The Morgan fingerprint density at radius 3 is 2.31 bits per heavy atom. The van der Waals surface area contributed by atoms with Gasteiger partial charge in [-0.05, 0) is 29.3 Å². The summed E-state index contributed by atoms with van der Waals surface area (Å²) < 4.78 is 22.6. The Hall–Kier alpha value is -2.82. The normalized spacial score (nSPS) is 20.5. The second-order valence-corrected chi connectivity index (χ2v) is 10.5. The summed E-state index contributed by atoms with van der Waals surface area (Å²) in [6.45, 7) is -0.0409. The molecule has 3 atom stereocenters. The molecule has 0 aliphatic carbocycles. The van der Waals surface area contributed by atoms with Crippen LogP contribution in [0.3, 0.4) is 0 Å². The van der Waals surface area contributed by atoms with Gasteiger partial charge in [0.2, 0.25) is 0 Å². The molecule has 4 aromatic rings. The first-order chi connectivity index (χ1) is 17.2. The first-order valence-corrected chi connectivity index (χ1v) is 13.1. The zero-order valence-electron chi connectivity index (χ0n) is 18.8. The molecule has 0 amide bonds. The van der Waals surface area contributed by atoms with Gasteiger partial charge in [0.1, 0.15) is 12.2 Å². The fraction of sp³-hybridized carbons (Fsp3) is 0.250. The number of pyridine rings is 1. The summed E-state index contributed by atoms with van der Waals surface area (Å²) in [6, 6.07) is 15.5. The van der Waals surface area contributed by atoms with Gasteiger partial charge in [-0.3, -0.25) is 4.57 Å². The van der Waals surface area contributed by atoms with Crippen LogP contribution in [-0.2, 0) is 9.30 Å². The van der Waals surface area contributed by atoms with Gasteiger partial charge in [-0.2, -0.15) is 4.98 Å². The van der Waals surface area contributed by atoms with Crippen LogP contribution in [0.25, 0.3) is 33.5 Å². The van der Waals surface area contributed by atoms with E-state index in [0.717, 1.165) is 16.7 Å². The molecular weight excluding hydrogens is 509 g/mol. The van der Waals surface area contributed by atoms with E-state index in [1.165, 1.54) is 12.1 Å². The SMILES string of the molecule is O=P(O)(O)c1ccc(-c2ccc(-c3nc4nc(O[C@H]5CO[C@H](CO)[C@@H](O)C5)[nH]c4cc3Cl)cc2)cc1. The number of ether oxygens (including phenoxy) is 2. The number of H-pyrrole nitrogens is 1. The Kier molecular flexibility index (Phi) is 6.84. The second-order valence-electron chi connectivity index (χ2n) is 8.50. The van der Waals surface area contributed by atoms with E-state index in [4.69, 9.17) is 21.1 Å². The molecule has 5 rings (SSSR count). The molecule has 10 nitrogen and oxygen atoms in total. The number of nitrogens with one attached hydrogen (secondary N) is 1. The lowest BCUT2D eigenvalue weighted by atomic mass is 10.0. The largest absolute Gasteiger partial charge is 0.459 e. The molecule has 3 heterocycles. The third-order valence-electron chi connectivity index (χ3n) is 5.99. The van der Waals surface area contributed by atoms with Crippen LogP contribution in [-0.4, -0.2) is 66.5 Å². The molecule has 0 radical (unpaired) electrons.